The summed E-state index contributed by atoms with van der Waals surface area (Å²) in [6.45, 7) is 0. The molecule has 2 N–H and O–H groups in total. The first-order chi connectivity index (χ1) is 8.66. The quantitative estimate of drug-likeness (QED) is 0.470. The van der Waals surface area contributed by atoms with Crippen LogP contribution < -0.4 is 10.1 Å². The van der Waals surface area contributed by atoms with Crippen molar-refractivity contribution in [3.05, 3.63) is 58.6 Å². The van der Waals surface area contributed by atoms with E-state index < -0.39 is 5.09 Å². The Bertz CT molecular complexity index is 480. The minimum atomic E-state index is -1.50. The Balaban J connectivity index is 0.000000267. The maximum Gasteiger partial charge on any atom is 0.291 e. The van der Waals surface area contributed by atoms with E-state index >= 15 is 0 Å². The van der Waals surface area contributed by atoms with Crippen LogP contribution in [0, 0.1) is 10.1 Å². The van der Waals surface area contributed by atoms with E-state index in [1.165, 1.54) is 0 Å². The zero-order chi connectivity index (χ0) is 13.0. The van der Waals surface area contributed by atoms with Crippen molar-refractivity contribution in [3.63, 3.8) is 0 Å². The number of anilines is 2. The van der Waals surface area contributed by atoms with Crippen molar-refractivity contribution in [3.8, 4) is 11.5 Å². The summed E-state index contributed by atoms with van der Waals surface area (Å²) in [6, 6.07) is 15.8. The van der Waals surface area contributed by atoms with Crippen LogP contribution in [-0.2, 0) is 0 Å². The van der Waals surface area contributed by atoms with E-state index in [1.807, 2.05) is 48.5 Å². The molecule has 0 unspecified atom stereocenters. The summed E-state index contributed by atoms with van der Waals surface area (Å²) in [4.78, 5) is 8.36. The highest BCUT2D eigenvalue weighted by molar-refractivity contribution is 5.75. The van der Waals surface area contributed by atoms with E-state index in [2.05, 4.69) is 5.32 Å². The molecule has 0 saturated heterocycles. The van der Waals surface area contributed by atoms with Crippen LogP contribution in [0.4, 0.5) is 11.4 Å². The number of hydrogen-bond acceptors (Lipinski definition) is 4. The average Bonchev–Trinajstić information content (AvgIpc) is 2.35. The highest BCUT2D eigenvalue weighted by Crippen LogP contribution is 2.40. The zero-order valence-corrected chi connectivity index (χ0v) is 9.24. The van der Waals surface area contributed by atoms with Gasteiger partial charge in [-0.2, -0.15) is 0 Å². The Morgan fingerprint density at radius 1 is 1.00 bits per heavy atom. The molecule has 0 fully saturated rings. The molecule has 0 radical (unpaired) electrons. The van der Waals surface area contributed by atoms with E-state index in [4.69, 9.17) is 20.1 Å². The lowest BCUT2D eigenvalue weighted by Crippen LogP contribution is -2.01. The Morgan fingerprint density at radius 3 is 1.83 bits per heavy atom. The number of para-hydroxylation sites is 4. The minimum Gasteiger partial charge on any atom is -0.453 e. The topological polar surface area (TPSA) is 84.6 Å². The van der Waals surface area contributed by atoms with Crippen LogP contribution in [0.25, 0.3) is 0 Å². The first kappa shape index (κ1) is 11.7. The number of nitrogens with one attached hydrogen (secondary N) is 1. The molecule has 0 aliphatic carbocycles. The summed E-state index contributed by atoms with van der Waals surface area (Å²) in [6.07, 6.45) is 0. The van der Waals surface area contributed by atoms with E-state index in [1.54, 1.807) is 0 Å². The molecule has 0 bridgehead atoms. The first-order valence-corrected chi connectivity index (χ1v) is 5.13. The van der Waals surface area contributed by atoms with Gasteiger partial charge in [0.05, 0.1) is 11.4 Å². The average molecular weight is 246 g/mol. The van der Waals surface area contributed by atoms with Gasteiger partial charge in [0.1, 0.15) is 0 Å². The maximum atomic E-state index is 8.36. The van der Waals surface area contributed by atoms with Crippen molar-refractivity contribution in [1.82, 2.24) is 0 Å². The van der Waals surface area contributed by atoms with Gasteiger partial charge in [0, 0.05) is 0 Å². The molecule has 2 aromatic rings. The van der Waals surface area contributed by atoms with Crippen LogP contribution >= 0.6 is 0 Å². The first-order valence-electron chi connectivity index (χ1n) is 5.13. The van der Waals surface area contributed by atoms with Gasteiger partial charge in [-0.15, -0.1) is 10.1 Å². The lowest BCUT2D eigenvalue weighted by Gasteiger charge is -2.20. The third-order valence-electron chi connectivity index (χ3n) is 2.26. The molecule has 1 aliphatic heterocycles. The number of benzene rings is 2. The molecule has 0 saturated carbocycles. The molecule has 0 aromatic heterocycles. The van der Waals surface area contributed by atoms with Crippen molar-refractivity contribution in [1.29, 1.82) is 0 Å². The third kappa shape index (κ3) is 2.67. The standard InChI is InChI=1S/C12H9NO.HNO3/c1-3-7-11-9(5-1)13-10-6-2-4-8-12(10)14-11;2-1(3)4/h1-8,13H;(H,2,3,4). The number of ether oxygens (including phenoxy) is 1. The molecule has 3 rings (SSSR count). The SMILES string of the molecule is O=[N+]([O-])O.c1ccc2c(c1)Nc1ccccc1O2. The highest BCUT2D eigenvalue weighted by atomic mass is 16.9. The Hall–Kier alpha value is -2.76. The van der Waals surface area contributed by atoms with Gasteiger partial charge in [-0.05, 0) is 24.3 Å². The molecule has 6 nitrogen and oxygen atoms in total. The van der Waals surface area contributed by atoms with Gasteiger partial charge in [-0.1, -0.05) is 24.3 Å². The zero-order valence-electron chi connectivity index (χ0n) is 9.24. The fourth-order valence-electron chi connectivity index (χ4n) is 1.58. The second kappa shape index (κ2) is 5.05. The smallest absolute Gasteiger partial charge is 0.291 e. The van der Waals surface area contributed by atoms with Crippen molar-refractivity contribution in [2.45, 2.75) is 0 Å². The lowest BCUT2D eigenvalue weighted by molar-refractivity contribution is -0.742. The van der Waals surface area contributed by atoms with Crippen LogP contribution in [0.5, 0.6) is 11.5 Å². The van der Waals surface area contributed by atoms with E-state index in [0.29, 0.717) is 0 Å². The molecule has 18 heavy (non-hydrogen) atoms. The highest BCUT2D eigenvalue weighted by Gasteiger charge is 2.13. The van der Waals surface area contributed by atoms with Crippen LogP contribution in [-0.4, -0.2) is 10.3 Å². The van der Waals surface area contributed by atoms with Gasteiger partial charge < -0.3 is 15.3 Å². The summed E-state index contributed by atoms with van der Waals surface area (Å²) < 4.78 is 5.71. The van der Waals surface area contributed by atoms with Crippen molar-refractivity contribution in [2.24, 2.45) is 0 Å². The maximum absolute atomic E-state index is 8.36. The Labute approximate surface area is 103 Å². The minimum absolute atomic E-state index is 0.881. The molecule has 0 atom stereocenters. The molecular formula is C12H10N2O4. The van der Waals surface area contributed by atoms with Gasteiger partial charge in [0.2, 0.25) is 0 Å². The van der Waals surface area contributed by atoms with Crippen LogP contribution in [0.2, 0.25) is 0 Å². The van der Waals surface area contributed by atoms with Crippen LogP contribution in [0.1, 0.15) is 0 Å². The molecule has 2 aromatic carbocycles. The van der Waals surface area contributed by atoms with Crippen molar-refractivity contribution in [2.75, 3.05) is 5.32 Å². The summed E-state index contributed by atoms with van der Waals surface area (Å²) in [7, 11) is 0. The lowest BCUT2D eigenvalue weighted by atomic mass is 10.2. The molecule has 92 valence electrons. The van der Waals surface area contributed by atoms with Gasteiger partial charge in [-0.25, -0.2) is 0 Å². The molecule has 0 spiro atoms. The molecule has 6 heteroatoms. The van der Waals surface area contributed by atoms with Gasteiger partial charge in [0.15, 0.2) is 11.5 Å². The predicted molar refractivity (Wildman–Crippen MR) is 65.0 cm³/mol. The number of fused-ring (bicyclic) bond motifs is 2. The Kier molecular flexibility index (Phi) is 3.29. The molecular weight excluding hydrogens is 236 g/mol. The molecule has 1 aliphatic rings. The molecule has 1 heterocycles. The predicted octanol–water partition coefficient (Wildman–Crippen LogP) is 3.19. The van der Waals surface area contributed by atoms with Gasteiger partial charge in [0.25, 0.3) is 5.09 Å². The summed E-state index contributed by atoms with van der Waals surface area (Å²) in [5.74, 6) is 1.76. The number of rotatable bonds is 0. The normalized spacial score (nSPS) is 10.7. The summed E-state index contributed by atoms with van der Waals surface area (Å²) in [5.41, 5.74) is 2.04. The third-order valence-corrected chi connectivity index (χ3v) is 2.26. The largest absolute Gasteiger partial charge is 0.453 e. The fraction of sp³-hybridized carbons (Fsp3) is 0. The second-order valence-corrected chi connectivity index (χ2v) is 3.46. The van der Waals surface area contributed by atoms with Gasteiger partial charge in [-0.3, -0.25) is 0 Å². The van der Waals surface area contributed by atoms with E-state index in [0.717, 1.165) is 22.9 Å². The van der Waals surface area contributed by atoms with Crippen molar-refractivity contribution >= 4 is 11.4 Å². The Morgan fingerprint density at radius 2 is 1.39 bits per heavy atom. The van der Waals surface area contributed by atoms with Crippen LogP contribution in [0.15, 0.2) is 48.5 Å². The van der Waals surface area contributed by atoms with Crippen molar-refractivity contribution < 1.29 is 15.0 Å². The fourth-order valence-corrected chi connectivity index (χ4v) is 1.58. The van der Waals surface area contributed by atoms with Crippen LogP contribution in [0.3, 0.4) is 0 Å². The summed E-state index contributed by atoms with van der Waals surface area (Å²) >= 11 is 0. The van der Waals surface area contributed by atoms with E-state index in [9.17, 15) is 0 Å². The molecule has 0 amide bonds. The monoisotopic (exact) mass is 246 g/mol. The second-order valence-electron chi connectivity index (χ2n) is 3.46. The number of nitrogens with zero attached hydrogens (tertiary/aromatic N) is 1. The summed E-state index contributed by atoms with van der Waals surface area (Å²) in [5, 5.41) is 17.0. The van der Waals surface area contributed by atoms with Gasteiger partial charge >= 0.3 is 0 Å². The number of hydrogen-bond donors (Lipinski definition) is 2. The van der Waals surface area contributed by atoms with E-state index in [-0.39, 0.29) is 0 Å².